The molecule has 0 atom stereocenters. The van der Waals surface area contributed by atoms with Crippen molar-refractivity contribution in [3.05, 3.63) is 50.9 Å². The lowest BCUT2D eigenvalue weighted by Gasteiger charge is -2.05. The van der Waals surface area contributed by atoms with E-state index in [1.54, 1.807) is 6.92 Å². The molecule has 0 aliphatic rings. The van der Waals surface area contributed by atoms with Crippen LogP contribution in [0.5, 0.6) is 0 Å². The minimum atomic E-state index is -0.330. The topological polar surface area (TPSA) is 73.8 Å². The van der Waals surface area contributed by atoms with Crippen molar-refractivity contribution in [1.82, 2.24) is 14.9 Å². The number of benzene rings is 1. The monoisotopic (exact) mass is 282 g/mol. The van der Waals surface area contributed by atoms with Crippen LogP contribution >= 0.6 is 23.4 Å². The lowest BCUT2D eigenvalue weighted by Crippen LogP contribution is -2.32. The highest BCUT2D eigenvalue weighted by Crippen LogP contribution is 2.19. The van der Waals surface area contributed by atoms with Crippen LogP contribution in [-0.2, 0) is 5.75 Å². The van der Waals surface area contributed by atoms with E-state index in [1.165, 1.54) is 11.8 Å². The van der Waals surface area contributed by atoms with Crippen LogP contribution in [0, 0.1) is 6.92 Å². The first-order chi connectivity index (χ1) is 8.58. The normalized spacial score (nSPS) is 10.6. The number of halogens is 1. The summed E-state index contributed by atoms with van der Waals surface area (Å²) in [6, 6.07) is 7.45. The largest absolute Gasteiger partial charge is 0.334 e. The Morgan fingerprint density at radius 2 is 2.00 bits per heavy atom. The molecule has 0 amide bonds. The van der Waals surface area contributed by atoms with Gasteiger partial charge in [0, 0.05) is 10.8 Å². The van der Waals surface area contributed by atoms with E-state index < -0.39 is 0 Å². The Hall–Kier alpha value is -1.53. The van der Waals surface area contributed by atoms with Gasteiger partial charge in [0.1, 0.15) is 5.69 Å². The van der Waals surface area contributed by atoms with Crippen LogP contribution in [0.25, 0.3) is 0 Å². The molecule has 0 spiro atoms. The summed E-state index contributed by atoms with van der Waals surface area (Å²) in [5.41, 5.74) is 1.02. The first-order valence-corrected chi connectivity index (χ1v) is 6.53. The van der Waals surface area contributed by atoms with Gasteiger partial charge in [0.25, 0.3) is 5.56 Å². The quantitative estimate of drug-likeness (QED) is 0.684. The van der Waals surface area contributed by atoms with E-state index in [4.69, 9.17) is 17.4 Å². The second kappa shape index (κ2) is 5.41. The Kier molecular flexibility index (Phi) is 3.88. The lowest BCUT2D eigenvalue weighted by molar-refractivity contribution is 0.681. The fourth-order valence-corrected chi connectivity index (χ4v) is 2.23. The van der Waals surface area contributed by atoms with Gasteiger partial charge in [-0.05, 0) is 24.6 Å². The predicted octanol–water partition coefficient (Wildman–Crippen LogP) is 1.61. The second-order valence-electron chi connectivity index (χ2n) is 3.66. The predicted molar refractivity (Wildman–Crippen MR) is 72.2 cm³/mol. The van der Waals surface area contributed by atoms with E-state index in [-0.39, 0.29) is 11.3 Å². The Bertz CT molecular complexity index is 611. The molecule has 7 heteroatoms. The van der Waals surface area contributed by atoms with Gasteiger partial charge in [0.05, 0.1) is 0 Å². The van der Waals surface area contributed by atoms with E-state index in [0.29, 0.717) is 15.9 Å². The zero-order valence-corrected chi connectivity index (χ0v) is 11.2. The molecule has 2 rings (SSSR count). The highest BCUT2D eigenvalue weighted by Gasteiger charge is 2.07. The Labute approximate surface area is 113 Å². The Morgan fingerprint density at radius 3 is 2.67 bits per heavy atom. The van der Waals surface area contributed by atoms with Crippen LogP contribution in [0.1, 0.15) is 11.3 Å². The molecule has 0 saturated heterocycles. The SMILES string of the molecule is Cc1nnc(SCc2ccc(Cl)cc2)n(N)c1=O. The minimum Gasteiger partial charge on any atom is -0.334 e. The molecule has 5 nitrogen and oxygen atoms in total. The molecule has 0 radical (unpaired) electrons. The lowest BCUT2D eigenvalue weighted by atomic mass is 10.2. The Morgan fingerprint density at radius 1 is 1.33 bits per heavy atom. The number of aromatic nitrogens is 3. The van der Waals surface area contributed by atoms with Gasteiger partial charge in [-0.2, -0.15) is 4.68 Å². The molecule has 1 aromatic heterocycles. The fraction of sp³-hybridized carbons (Fsp3) is 0.182. The first-order valence-electron chi connectivity index (χ1n) is 5.16. The van der Waals surface area contributed by atoms with Gasteiger partial charge in [-0.3, -0.25) is 4.79 Å². The van der Waals surface area contributed by atoms with Crippen molar-refractivity contribution < 1.29 is 0 Å². The molecular formula is C11H11ClN4OS. The standard InChI is InChI=1S/C11H11ClN4OS/c1-7-10(17)16(13)11(15-14-7)18-6-8-2-4-9(12)5-3-8/h2-5H,6,13H2,1H3. The molecule has 1 heterocycles. The number of hydrogen-bond acceptors (Lipinski definition) is 5. The number of nitrogens with two attached hydrogens (primary N) is 1. The molecule has 0 saturated carbocycles. The molecule has 0 aliphatic heterocycles. The molecule has 0 bridgehead atoms. The van der Waals surface area contributed by atoms with E-state index in [0.717, 1.165) is 10.2 Å². The van der Waals surface area contributed by atoms with Crippen LogP contribution < -0.4 is 11.4 Å². The van der Waals surface area contributed by atoms with Crippen LogP contribution in [0.4, 0.5) is 0 Å². The van der Waals surface area contributed by atoms with E-state index in [2.05, 4.69) is 10.2 Å². The number of nitrogens with zero attached hydrogens (tertiary/aromatic N) is 3. The molecule has 2 N–H and O–H groups in total. The summed E-state index contributed by atoms with van der Waals surface area (Å²) in [7, 11) is 0. The summed E-state index contributed by atoms with van der Waals surface area (Å²) in [5.74, 6) is 6.28. The summed E-state index contributed by atoms with van der Waals surface area (Å²) in [4.78, 5) is 11.6. The van der Waals surface area contributed by atoms with E-state index in [1.807, 2.05) is 24.3 Å². The molecule has 0 unspecified atom stereocenters. The summed E-state index contributed by atoms with van der Waals surface area (Å²) in [6.07, 6.45) is 0. The van der Waals surface area contributed by atoms with Gasteiger partial charge in [-0.25, -0.2) is 0 Å². The van der Waals surface area contributed by atoms with Crippen molar-refractivity contribution in [1.29, 1.82) is 0 Å². The second-order valence-corrected chi connectivity index (χ2v) is 5.04. The van der Waals surface area contributed by atoms with Crippen molar-refractivity contribution in [2.45, 2.75) is 17.8 Å². The van der Waals surface area contributed by atoms with Gasteiger partial charge in [-0.15, -0.1) is 10.2 Å². The van der Waals surface area contributed by atoms with E-state index in [9.17, 15) is 4.79 Å². The highest BCUT2D eigenvalue weighted by atomic mass is 35.5. The number of aryl methyl sites for hydroxylation is 1. The van der Waals surface area contributed by atoms with Gasteiger partial charge >= 0.3 is 0 Å². The van der Waals surface area contributed by atoms with Crippen molar-refractivity contribution >= 4 is 23.4 Å². The number of nitrogen functional groups attached to an aromatic ring is 1. The summed E-state index contributed by atoms with van der Waals surface area (Å²) >= 11 is 7.15. The molecule has 94 valence electrons. The van der Waals surface area contributed by atoms with Gasteiger partial charge in [0.15, 0.2) is 0 Å². The molecule has 0 fully saturated rings. The third-order valence-corrected chi connectivity index (χ3v) is 3.57. The fourth-order valence-electron chi connectivity index (χ4n) is 1.30. The minimum absolute atomic E-state index is 0.286. The van der Waals surface area contributed by atoms with Crippen LogP contribution in [0.2, 0.25) is 5.02 Å². The molecule has 0 aliphatic carbocycles. The summed E-state index contributed by atoms with van der Waals surface area (Å²) in [6.45, 7) is 1.58. The van der Waals surface area contributed by atoms with Crippen molar-refractivity contribution in [3.8, 4) is 0 Å². The highest BCUT2D eigenvalue weighted by molar-refractivity contribution is 7.98. The van der Waals surface area contributed by atoms with E-state index >= 15 is 0 Å². The summed E-state index contributed by atoms with van der Waals surface area (Å²) < 4.78 is 1.02. The maximum absolute atomic E-state index is 11.6. The maximum atomic E-state index is 11.6. The third-order valence-electron chi connectivity index (χ3n) is 2.30. The van der Waals surface area contributed by atoms with Crippen LogP contribution in [-0.4, -0.2) is 14.9 Å². The van der Waals surface area contributed by atoms with Crippen LogP contribution in [0.15, 0.2) is 34.2 Å². The van der Waals surface area contributed by atoms with Crippen molar-refractivity contribution in [2.24, 2.45) is 0 Å². The van der Waals surface area contributed by atoms with Gasteiger partial charge in [0.2, 0.25) is 5.16 Å². The molecule has 18 heavy (non-hydrogen) atoms. The molecular weight excluding hydrogens is 272 g/mol. The average Bonchev–Trinajstić information content (AvgIpc) is 2.37. The number of hydrogen-bond donors (Lipinski definition) is 1. The van der Waals surface area contributed by atoms with Crippen LogP contribution in [0.3, 0.4) is 0 Å². The van der Waals surface area contributed by atoms with Crippen molar-refractivity contribution in [2.75, 3.05) is 5.84 Å². The Balaban J connectivity index is 2.13. The molecule has 1 aromatic carbocycles. The third kappa shape index (κ3) is 2.83. The smallest absolute Gasteiger partial charge is 0.294 e. The number of thioether (sulfide) groups is 1. The maximum Gasteiger partial charge on any atom is 0.294 e. The molecule has 2 aromatic rings. The van der Waals surface area contributed by atoms with Gasteiger partial charge < -0.3 is 5.84 Å². The zero-order valence-electron chi connectivity index (χ0n) is 9.63. The average molecular weight is 283 g/mol. The van der Waals surface area contributed by atoms with Gasteiger partial charge in [-0.1, -0.05) is 35.5 Å². The van der Waals surface area contributed by atoms with Crippen molar-refractivity contribution in [3.63, 3.8) is 0 Å². The zero-order chi connectivity index (χ0) is 13.1. The summed E-state index contributed by atoms with van der Waals surface area (Å²) in [5, 5.41) is 8.74. The number of rotatable bonds is 3. The first kappa shape index (κ1) is 12.9.